The molecule has 0 aromatic heterocycles. The number of carboxylic acid groups (broad SMARTS) is 1. The minimum Gasteiger partial charge on any atom is -0.478 e. The van der Waals surface area contributed by atoms with Crippen LogP contribution >= 0.6 is 0 Å². The van der Waals surface area contributed by atoms with Crippen molar-refractivity contribution in [3.05, 3.63) is 42.0 Å². The number of carbonyl (C=O) groups is 1. The Bertz CT molecular complexity index is 358. The second kappa shape index (κ2) is 4.46. The van der Waals surface area contributed by atoms with Gasteiger partial charge in [-0.1, -0.05) is 18.2 Å². The largest absolute Gasteiger partial charge is 0.478 e. The van der Waals surface area contributed by atoms with Crippen molar-refractivity contribution in [2.75, 3.05) is 11.9 Å². The molecule has 14 heavy (non-hydrogen) atoms. The minimum atomic E-state index is -0.913. The van der Waals surface area contributed by atoms with Crippen molar-refractivity contribution in [1.29, 1.82) is 0 Å². The highest BCUT2D eigenvalue weighted by Crippen LogP contribution is 2.10. The van der Waals surface area contributed by atoms with Crippen LogP contribution in [0.15, 0.2) is 36.4 Å². The van der Waals surface area contributed by atoms with Crippen LogP contribution in [0.25, 0.3) is 0 Å². The lowest BCUT2D eigenvalue weighted by Gasteiger charge is -2.06. The lowest BCUT2D eigenvalue weighted by molar-refractivity contribution is 0.0697. The Morgan fingerprint density at radius 1 is 1.57 bits per heavy atom. The van der Waals surface area contributed by atoms with E-state index in [1.165, 1.54) is 0 Å². The van der Waals surface area contributed by atoms with E-state index in [4.69, 9.17) is 5.11 Å². The minimum absolute atomic E-state index is 0.289. The zero-order chi connectivity index (χ0) is 10.6. The molecule has 2 N–H and O–H groups in total. The van der Waals surface area contributed by atoms with Crippen molar-refractivity contribution in [2.45, 2.75) is 6.92 Å². The molecule has 0 atom stereocenters. The third kappa shape index (κ3) is 2.94. The number of nitrogens with one attached hydrogen (secondary N) is 1. The maximum Gasteiger partial charge on any atom is 0.335 e. The van der Waals surface area contributed by atoms with E-state index in [1.807, 2.05) is 13.0 Å². The number of hydrogen-bond acceptors (Lipinski definition) is 2. The van der Waals surface area contributed by atoms with Gasteiger partial charge in [-0.05, 0) is 25.1 Å². The number of carboxylic acids is 1. The van der Waals surface area contributed by atoms with Crippen LogP contribution in [0.1, 0.15) is 17.3 Å². The maximum absolute atomic E-state index is 10.6. The van der Waals surface area contributed by atoms with Crippen LogP contribution in [0.5, 0.6) is 0 Å². The smallest absolute Gasteiger partial charge is 0.335 e. The average molecular weight is 191 g/mol. The van der Waals surface area contributed by atoms with Gasteiger partial charge in [0.2, 0.25) is 0 Å². The molecule has 0 fully saturated rings. The first-order chi connectivity index (χ1) is 6.59. The van der Waals surface area contributed by atoms with Gasteiger partial charge in [0.15, 0.2) is 0 Å². The molecule has 0 aliphatic rings. The Labute approximate surface area is 83.1 Å². The van der Waals surface area contributed by atoms with Crippen molar-refractivity contribution in [1.82, 2.24) is 0 Å². The molecule has 0 radical (unpaired) electrons. The van der Waals surface area contributed by atoms with Crippen LogP contribution in [0, 0.1) is 0 Å². The third-order valence-corrected chi connectivity index (χ3v) is 1.70. The van der Waals surface area contributed by atoms with Crippen molar-refractivity contribution in [3.63, 3.8) is 0 Å². The summed E-state index contributed by atoms with van der Waals surface area (Å²) in [4.78, 5) is 10.6. The summed E-state index contributed by atoms with van der Waals surface area (Å²) < 4.78 is 0. The molecule has 1 aromatic rings. The number of anilines is 1. The van der Waals surface area contributed by atoms with Gasteiger partial charge in [-0.25, -0.2) is 4.79 Å². The fraction of sp³-hybridized carbons (Fsp3) is 0.182. The average Bonchev–Trinajstić information content (AvgIpc) is 2.15. The van der Waals surface area contributed by atoms with Crippen LogP contribution < -0.4 is 5.32 Å². The molecule has 3 nitrogen and oxygen atoms in total. The summed E-state index contributed by atoms with van der Waals surface area (Å²) >= 11 is 0. The first-order valence-electron chi connectivity index (χ1n) is 4.31. The van der Waals surface area contributed by atoms with Gasteiger partial charge >= 0.3 is 5.97 Å². The molecule has 0 unspecified atom stereocenters. The van der Waals surface area contributed by atoms with E-state index in [-0.39, 0.29) is 5.56 Å². The van der Waals surface area contributed by atoms with Crippen LogP contribution in [-0.2, 0) is 0 Å². The van der Waals surface area contributed by atoms with Crippen LogP contribution in [0.4, 0.5) is 5.69 Å². The molecule has 3 heteroatoms. The molecular formula is C11H13NO2. The quantitative estimate of drug-likeness (QED) is 0.718. The van der Waals surface area contributed by atoms with E-state index >= 15 is 0 Å². The summed E-state index contributed by atoms with van der Waals surface area (Å²) in [5.41, 5.74) is 2.09. The molecule has 0 saturated carbocycles. The molecular weight excluding hydrogens is 178 g/mol. The predicted octanol–water partition coefficient (Wildman–Crippen LogP) is 2.37. The highest BCUT2D eigenvalue weighted by Gasteiger charge is 2.02. The SMILES string of the molecule is C=C(C)CNc1cccc(C(=O)O)c1. The molecule has 74 valence electrons. The highest BCUT2D eigenvalue weighted by molar-refractivity contribution is 5.88. The Balaban J connectivity index is 2.73. The second-order valence-electron chi connectivity index (χ2n) is 3.20. The van der Waals surface area contributed by atoms with Crippen molar-refractivity contribution in [2.24, 2.45) is 0 Å². The summed E-state index contributed by atoms with van der Waals surface area (Å²) in [6.45, 7) is 6.32. The van der Waals surface area contributed by atoms with E-state index in [9.17, 15) is 4.79 Å². The van der Waals surface area contributed by atoms with Gasteiger partial charge in [0.25, 0.3) is 0 Å². The summed E-state index contributed by atoms with van der Waals surface area (Å²) in [6.07, 6.45) is 0. The molecule has 0 bridgehead atoms. The zero-order valence-corrected chi connectivity index (χ0v) is 8.08. The molecule has 0 heterocycles. The van der Waals surface area contributed by atoms with Crippen LogP contribution in [0.2, 0.25) is 0 Å². The Hall–Kier alpha value is -1.77. The first kappa shape index (κ1) is 10.3. The lowest BCUT2D eigenvalue weighted by atomic mass is 10.2. The lowest BCUT2D eigenvalue weighted by Crippen LogP contribution is -2.03. The summed E-state index contributed by atoms with van der Waals surface area (Å²) in [6, 6.07) is 6.71. The standard InChI is InChI=1S/C11H13NO2/c1-8(2)7-12-10-5-3-4-9(6-10)11(13)14/h3-6,12H,1,7H2,2H3,(H,13,14). The van der Waals surface area contributed by atoms with Gasteiger partial charge in [0.1, 0.15) is 0 Å². The number of hydrogen-bond donors (Lipinski definition) is 2. The normalized spacial score (nSPS) is 9.50. The van der Waals surface area contributed by atoms with E-state index < -0.39 is 5.97 Å². The van der Waals surface area contributed by atoms with Crippen molar-refractivity contribution >= 4 is 11.7 Å². The highest BCUT2D eigenvalue weighted by atomic mass is 16.4. The van der Waals surface area contributed by atoms with E-state index in [2.05, 4.69) is 11.9 Å². The van der Waals surface area contributed by atoms with Gasteiger partial charge in [0.05, 0.1) is 5.56 Å². The topological polar surface area (TPSA) is 49.3 Å². The van der Waals surface area contributed by atoms with Gasteiger partial charge in [0, 0.05) is 12.2 Å². The third-order valence-electron chi connectivity index (χ3n) is 1.70. The number of rotatable bonds is 4. The summed E-state index contributed by atoms with van der Waals surface area (Å²) in [7, 11) is 0. The Morgan fingerprint density at radius 3 is 2.86 bits per heavy atom. The molecule has 0 aliphatic heterocycles. The molecule has 1 rings (SSSR count). The number of aromatic carboxylic acids is 1. The molecule has 0 saturated heterocycles. The monoisotopic (exact) mass is 191 g/mol. The fourth-order valence-electron chi connectivity index (χ4n) is 1.02. The van der Waals surface area contributed by atoms with E-state index in [0.717, 1.165) is 11.3 Å². The van der Waals surface area contributed by atoms with Crippen LogP contribution in [-0.4, -0.2) is 17.6 Å². The molecule has 1 aromatic carbocycles. The molecule has 0 aliphatic carbocycles. The predicted molar refractivity (Wildman–Crippen MR) is 56.7 cm³/mol. The van der Waals surface area contributed by atoms with E-state index in [1.54, 1.807) is 18.2 Å². The van der Waals surface area contributed by atoms with Gasteiger partial charge < -0.3 is 10.4 Å². The van der Waals surface area contributed by atoms with Gasteiger partial charge in [-0.3, -0.25) is 0 Å². The Morgan fingerprint density at radius 2 is 2.29 bits per heavy atom. The molecule has 0 amide bonds. The fourth-order valence-corrected chi connectivity index (χ4v) is 1.02. The van der Waals surface area contributed by atoms with Crippen molar-refractivity contribution in [3.8, 4) is 0 Å². The van der Waals surface area contributed by atoms with Crippen molar-refractivity contribution < 1.29 is 9.90 Å². The summed E-state index contributed by atoms with van der Waals surface area (Å²) in [5, 5.41) is 11.8. The second-order valence-corrected chi connectivity index (χ2v) is 3.20. The van der Waals surface area contributed by atoms with E-state index in [0.29, 0.717) is 6.54 Å². The maximum atomic E-state index is 10.6. The van der Waals surface area contributed by atoms with Gasteiger partial charge in [-0.2, -0.15) is 0 Å². The summed E-state index contributed by atoms with van der Waals surface area (Å²) in [5.74, 6) is -0.913. The van der Waals surface area contributed by atoms with Gasteiger partial charge in [-0.15, -0.1) is 0 Å². The first-order valence-corrected chi connectivity index (χ1v) is 4.31. The zero-order valence-electron chi connectivity index (χ0n) is 8.08. The number of benzene rings is 1. The Kier molecular flexibility index (Phi) is 3.29. The molecule has 0 spiro atoms. The van der Waals surface area contributed by atoms with Crippen LogP contribution in [0.3, 0.4) is 0 Å².